The van der Waals surface area contributed by atoms with E-state index in [9.17, 15) is 13.6 Å². The van der Waals surface area contributed by atoms with Crippen molar-refractivity contribution in [1.82, 2.24) is 0 Å². The molecule has 2 N–H and O–H groups in total. The molecule has 0 aliphatic heterocycles. The summed E-state index contributed by atoms with van der Waals surface area (Å²) in [4.78, 5) is 10.6. The number of alkyl halides is 1. The third-order valence-corrected chi connectivity index (χ3v) is 2.08. The number of carbonyl (C=O) groups is 1. The van der Waals surface area contributed by atoms with Gasteiger partial charge in [-0.1, -0.05) is 0 Å². The molecule has 2 nitrogen and oxygen atoms in total. The quantitative estimate of drug-likeness (QED) is 0.771. The average Bonchev–Trinajstić information content (AvgIpc) is 2.11. The molecule has 14 heavy (non-hydrogen) atoms. The predicted molar refractivity (Wildman–Crippen MR) is 48.9 cm³/mol. The normalized spacial score (nSPS) is 12.5. The molecule has 5 heteroatoms. The zero-order valence-electron chi connectivity index (χ0n) is 7.14. The molecule has 0 saturated heterocycles. The Labute approximate surface area is 84.7 Å². The lowest BCUT2D eigenvalue weighted by molar-refractivity contribution is -0.117. The average molecular weight is 220 g/mol. The zero-order valence-corrected chi connectivity index (χ0v) is 7.89. The molecule has 76 valence electrons. The SMILES string of the molecule is NC(=O)C(Cl)Cc1cc(F)ccc1F. The Hall–Kier alpha value is -1.16. The van der Waals surface area contributed by atoms with Crippen molar-refractivity contribution in [3.63, 3.8) is 0 Å². The minimum absolute atomic E-state index is 0.0452. The number of benzene rings is 1. The predicted octanol–water partition coefficient (Wildman–Crippen LogP) is 1.60. The highest BCUT2D eigenvalue weighted by Crippen LogP contribution is 2.14. The van der Waals surface area contributed by atoms with Gasteiger partial charge in [0, 0.05) is 6.42 Å². The van der Waals surface area contributed by atoms with Gasteiger partial charge in [-0.2, -0.15) is 0 Å². The number of primary amides is 1. The lowest BCUT2D eigenvalue weighted by Gasteiger charge is -2.06. The molecule has 0 spiro atoms. The van der Waals surface area contributed by atoms with Gasteiger partial charge in [0.05, 0.1) is 0 Å². The van der Waals surface area contributed by atoms with Crippen LogP contribution in [0, 0.1) is 11.6 Å². The molecule has 1 rings (SSSR count). The van der Waals surface area contributed by atoms with Crippen LogP contribution >= 0.6 is 11.6 Å². The highest BCUT2D eigenvalue weighted by molar-refractivity contribution is 6.30. The fraction of sp³-hybridized carbons (Fsp3) is 0.222. The number of nitrogens with two attached hydrogens (primary N) is 1. The molecule has 1 atom stereocenters. The van der Waals surface area contributed by atoms with Crippen LogP contribution in [-0.4, -0.2) is 11.3 Å². The first-order valence-electron chi connectivity index (χ1n) is 3.88. The van der Waals surface area contributed by atoms with Gasteiger partial charge in [0.1, 0.15) is 17.0 Å². The highest BCUT2D eigenvalue weighted by Gasteiger charge is 2.15. The molecule has 1 aromatic rings. The van der Waals surface area contributed by atoms with Crippen LogP contribution in [0.25, 0.3) is 0 Å². The summed E-state index contributed by atoms with van der Waals surface area (Å²) in [7, 11) is 0. The molecule has 0 aromatic heterocycles. The first kappa shape index (κ1) is 10.9. The molecule has 1 unspecified atom stereocenters. The third-order valence-electron chi connectivity index (χ3n) is 1.72. The second-order valence-electron chi connectivity index (χ2n) is 2.81. The van der Waals surface area contributed by atoms with Crippen LogP contribution in [0.5, 0.6) is 0 Å². The summed E-state index contributed by atoms with van der Waals surface area (Å²) in [5.74, 6) is -1.93. The first-order valence-corrected chi connectivity index (χ1v) is 4.31. The zero-order chi connectivity index (χ0) is 10.7. The van der Waals surface area contributed by atoms with E-state index >= 15 is 0 Å². The Morgan fingerprint density at radius 1 is 1.50 bits per heavy atom. The van der Waals surface area contributed by atoms with Gasteiger partial charge in [-0.05, 0) is 23.8 Å². The number of amides is 1. The standard InChI is InChI=1S/C9H8ClF2NO/c10-7(9(13)14)4-5-3-6(11)1-2-8(5)12/h1-3,7H,4H2,(H2,13,14). The van der Waals surface area contributed by atoms with Crippen molar-refractivity contribution in [2.45, 2.75) is 11.8 Å². The van der Waals surface area contributed by atoms with E-state index in [0.29, 0.717) is 0 Å². The minimum atomic E-state index is -1.02. The Balaban J connectivity index is 2.85. The lowest BCUT2D eigenvalue weighted by atomic mass is 10.1. The van der Waals surface area contributed by atoms with E-state index < -0.39 is 22.9 Å². The van der Waals surface area contributed by atoms with E-state index in [1.54, 1.807) is 0 Å². The highest BCUT2D eigenvalue weighted by atomic mass is 35.5. The van der Waals surface area contributed by atoms with Gasteiger partial charge in [0.2, 0.25) is 5.91 Å². The lowest BCUT2D eigenvalue weighted by Crippen LogP contribution is -2.25. The summed E-state index contributed by atoms with van der Waals surface area (Å²) in [5.41, 5.74) is 4.93. The van der Waals surface area contributed by atoms with Crippen molar-refractivity contribution in [3.05, 3.63) is 35.4 Å². The van der Waals surface area contributed by atoms with Crippen LogP contribution in [0.15, 0.2) is 18.2 Å². The van der Waals surface area contributed by atoms with Crippen molar-refractivity contribution < 1.29 is 13.6 Å². The molecule has 0 radical (unpaired) electrons. The van der Waals surface area contributed by atoms with E-state index in [2.05, 4.69) is 0 Å². The maximum atomic E-state index is 13.0. The summed E-state index contributed by atoms with van der Waals surface area (Å²) >= 11 is 5.51. The smallest absolute Gasteiger partial charge is 0.235 e. The number of hydrogen-bond donors (Lipinski definition) is 1. The van der Waals surface area contributed by atoms with Gasteiger partial charge in [-0.15, -0.1) is 11.6 Å². The van der Waals surface area contributed by atoms with Crippen LogP contribution in [0.1, 0.15) is 5.56 Å². The summed E-state index contributed by atoms with van der Waals surface area (Å²) < 4.78 is 25.7. The van der Waals surface area contributed by atoms with E-state index in [0.717, 1.165) is 18.2 Å². The summed E-state index contributed by atoms with van der Waals surface area (Å²) in [5, 5.41) is -1.02. The molecule has 0 bridgehead atoms. The molecular formula is C9H8ClF2NO. The number of carbonyl (C=O) groups excluding carboxylic acids is 1. The second-order valence-corrected chi connectivity index (χ2v) is 3.34. The molecular weight excluding hydrogens is 212 g/mol. The van der Waals surface area contributed by atoms with Gasteiger partial charge < -0.3 is 5.73 Å². The summed E-state index contributed by atoms with van der Waals surface area (Å²) in [6, 6.07) is 2.97. The Bertz CT molecular complexity index is 357. The Morgan fingerprint density at radius 2 is 2.14 bits per heavy atom. The fourth-order valence-corrected chi connectivity index (χ4v) is 1.16. The maximum Gasteiger partial charge on any atom is 0.235 e. The van der Waals surface area contributed by atoms with Crippen molar-refractivity contribution in [2.24, 2.45) is 5.73 Å². The van der Waals surface area contributed by atoms with Gasteiger partial charge in [0.15, 0.2) is 0 Å². The maximum absolute atomic E-state index is 13.0. The van der Waals surface area contributed by atoms with Crippen molar-refractivity contribution in [1.29, 1.82) is 0 Å². The monoisotopic (exact) mass is 219 g/mol. The third kappa shape index (κ3) is 2.67. The van der Waals surface area contributed by atoms with Crippen molar-refractivity contribution in [3.8, 4) is 0 Å². The van der Waals surface area contributed by atoms with Crippen LogP contribution in [-0.2, 0) is 11.2 Å². The summed E-state index contributed by atoms with van der Waals surface area (Å²) in [6.07, 6.45) is -0.111. The van der Waals surface area contributed by atoms with Gasteiger partial charge in [0.25, 0.3) is 0 Å². The van der Waals surface area contributed by atoms with Crippen LogP contribution in [0.3, 0.4) is 0 Å². The van der Waals surface area contributed by atoms with Crippen molar-refractivity contribution in [2.75, 3.05) is 0 Å². The van der Waals surface area contributed by atoms with E-state index in [1.165, 1.54) is 0 Å². The molecule has 1 amide bonds. The van der Waals surface area contributed by atoms with Gasteiger partial charge in [-0.25, -0.2) is 8.78 Å². The van der Waals surface area contributed by atoms with Gasteiger partial charge >= 0.3 is 0 Å². The molecule has 0 aliphatic rings. The first-order chi connectivity index (χ1) is 6.50. The topological polar surface area (TPSA) is 43.1 Å². The number of rotatable bonds is 3. The van der Waals surface area contributed by atoms with E-state index in [4.69, 9.17) is 17.3 Å². The second kappa shape index (κ2) is 4.37. The minimum Gasteiger partial charge on any atom is -0.368 e. The fourth-order valence-electron chi connectivity index (χ4n) is 0.993. The Kier molecular flexibility index (Phi) is 3.41. The van der Waals surface area contributed by atoms with Crippen LogP contribution in [0.4, 0.5) is 8.78 Å². The van der Waals surface area contributed by atoms with Crippen molar-refractivity contribution >= 4 is 17.5 Å². The number of hydrogen-bond acceptors (Lipinski definition) is 1. The van der Waals surface area contributed by atoms with E-state index in [1.807, 2.05) is 0 Å². The Morgan fingerprint density at radius 3 is 2.71 bits per heavy atom. The summed E-state index contributed by atoms with van der Waals surface area (Å²) in [6.45, 7) is 0. The molecule has 0 heterocycles. The largest absolute Gasteiger partial charge is 0.368 e. The number of halogens is 3. The molecule has 0 saturated carbocycles. The molecule has 1 aromatic carbocycles. The van der Waals surface area contributed by atoms with Crippen LogP contribution < -0.4 is 5.73 Å². The molecule has 0 fully saturated rings. The van der Waals surface area contributed by atoms with Gasteiger partial charge in [-0.3, -0.25) is 4.79 Å². The molecule has 0 aliphatic carbocycles. The van der Waals surface area contributed by atoms with E-state index in [-0.39, 0.29) is 12.0 Å². The van der Waals surface area contributed by atoms with Crippen LogP contribution in [0.2, 0.25) is 0 Å².